The Hall–Kier alpha value is -2.53. The minimum atomic E-state index is -0.865. The maximum atomic E-state index is 11.7. The molecule has 2 N–H and O–H groups in total. The molecular formula is C14H9ClN2O3. The van der Waals surface area contributed by atoms with Gasteiger partial charge in [-0.3, -0.25) is 4.79 Å². The van der Waals surface area contributed by atoms with Crippen LogP contribution in [-0.2, 0) is 0 Å². The molecule has 0 atom stereocenters. The average molecular weight is 289 g/mol. The highest BCUT2D eigenvalue weighted by atomic mass is 35.5. The maximum Gasteiger partial charge on any atom is 0.362 e. The van der Waals surface area contributed by atoms with E-state index >= 15 is 0 Å². The van der Waals surface area contributed by atoms with Crippen molar-refractivity contribution in [3.05, 3.63) is 68.3 Å². The van der Waals surface area contributed by atoms with Gasteiger partial charge in [0.2, 0.25) is 0 Å². The largest absolute Gasteiger partial charge is 0.421 e. The summed E-state index contributed by atoms with van der Waals surface area (Å²) in [7, 11) is 0. The summed E-state index contributed by atoms with van der Waals surface area (Å²) in [6, 6.07) is 12.2. The number of halogens is 1. The normalized spacial score (nSPS) is 10.8. The van der Waals surface area contributed by atoms with E-state index in [-0.39, 0.29) is 10.1 Å². The fraction of sp³-hybridized carbons (Fsp3) is 0. The molecule has 0 unspecified atom stereocenters. The standard InChI is InChI=1S/C14H9ClN2O3/c15-10-4-1-8(2-5-10)9-3-6-11-12(7-9)16-14(19)17(20)13(11)18/h1-7,20H,(H,16,19). The number of rotatable bonds is 1. The maximum absolute atomic E-state index is 11.7. The quantitative estimate of drug-likeness (QED) is 0.674. The minimum Gasteiger partial charge on any atom is -0.421 e. The molecule has 0 amide bonds. The highest BCUT2D eigenvalue weighted by Crippen LogP contribution is 2.23. The summed E-state index contributed by atoms with van der Waals surface area (Å²) >= 11 is 5.83. The molecule has 5 nitrogen and oxygen atoms in total. The summed E-state index contributed by atoms with van der Waals surface area (Å²) in [6.45, 7) is 0. The van der Waals surface area contributed by atoms with Crippen LogP contribution >= 0.6 is 11.6 Å². The number of H-pyrrole nitrogens is 1. The van der Waals surface area contributed by atoms with Crippen molar-refractivity contribution in [1.29, 1.82) is 0 Å². The third kappa shape index (κ3) is 1.98. The average Bonchev–Trinajstić information content (AvgIpc) is 2.45. The summed E-state index contributed by atoms with van der Waals surface area (Å²) in [5.41, 5.74) is 0.505. The summed E-state index contributed by atoms with van der Waals surface area (Å²) in [5.74, 6) is 0. The first kappa shape index (κ1) is 12.5. The van der Waals surface area contributed by atoms with Crippen LogP contribution in [-0.4, -0.2) is 14.9 Å². The van der Waals surface area contributed by atoms with Crippen molar-refractivity contribution in [2.45, 2.75) is 0 Å². The van der Waals surface area contributed by atoms with E-state index in [1.54, 1.807) is 30.3 Å². The SMILES string of the molecule is O=c1[nH]c2cc(-c3ccc(Cl)cc3)ccc2c(=O)n1O. The molecule has 1 heterocycles. The number of aromatic amines is 1. The molecule has 0 spiro atoms. The van der Waals surface area contributed by atoms with E-state index in [0.29, 0.717) is 10.5 Å². The highest BCUT2D eigenvalue weighted by molar-refractivity contribution is 6.30. The van der Waals surface area contributed by atoms with Crippen molar-refractivity contribution < 1.29 is 5.21 Å². The van der Waals surface area contributed by atoms with Crippen LogP contribution in [0.4, 0.5) is 0 Å². The summed E-state index contributed by atoms with van der Waals surface area (Å²) in [5, 5.41) is 10.1. The Labute approximate surface area is 117 Å². The van der Waals surface area contributed by atoms with Crippen LogP contribution < -0.4 is 11.2 Å². The first-order valence-electron chi connectivity index (χ1n) is 5.80. The smallest absolute Gasteiger partial charge is 0.362 e. The number of aromatic nitrogens is 2. The molecule has 0 fully saturated rings. The van der Waals surface area contributed by atoms with Gasteiger partial charge in [-0.25, -0.2) is 4.79 Å². The van der Waals surface area contributed by atoms with Crippen LogP contribution in [0, 0.1) is 0 Å². The summed E-state index contributed by atoms with van der Waals surface area (Å²) in [6.07, 6.45) is 0. The predicted molar refractivity (Wildman–Crippen MR) is 76.5 cm³/mol. The van der Waals surface area contributed by atoms with E-state index in [9.17, 15) is 14.8 Å². The van der Waals surface area contributed by atoms with Crippen LogP contribution in [0.3, 0.4) is 0 Å². The Morgan fingerprint density at radius 3 is 2.35 bits per heavy atom. The van der Waals surface area contributed by atoms with Gasteiger partial charge < -0.3 is 10.2 Å². The number of hydrogen-bond donors (Lipinski definition) is 2. The van der Waals surface area contributed by atoms with Crippen molar-refractivity contribution in [3.63, 3.8) is 0 Å². The third-order valence-corrected chi connectivity index (χ3v) is 3.31. The Morgan fingerprint density at radius 2 is 1.65 bits per heavy atom. The second-order valence-corrected chi connectivity index (χ2v) is 4.75. The van der Waals surface area contributed by atoms with Gasteiger partial charge in [0.15, 0.2) is 0 Å². The first-order chi connectivity index (χ1) is 9.56. The molecule has 2 aromatic carbocycles. The lowest BCUT2D eigenvalue weighted by Crippen LogP contribution is -2.33. The number of fused-ring (bicyclic) bond motifs is 1. The van der Waals surface area contributed by atoms with E-state index in [4.69, 9.17) is 11.6 Å². The van der Waals surface area contributed by atoms with Crippen molar-refractivity contribution >= 4 is 22.5 Å². The van der Waals surface area contributed by atoms with Crippen LogP contribution in [0.25, 0.3) is 22.0 Å². The zero-order valence-corrected chi connectivity index (χ0v) is 10.9. The Balaban J connectivity index is 2.26. The monoisotopic (exact) mass is 288 g/mol. The molecule has 0 saturated carbocycles. The lowest BCUT2D eigenvalue weighted by Gasteiger charge is -2.04. The van der Waals surface area contributed by atoms with Crippen molar-refractivity contribution in [2.75, 3.05) is 0 Å². The van der Waals surface area contributed by atoms with Gasteiger partial charge in [0.05, 0.1) is 10.9 Å². The van der Waals surface area contributed by atoms with Gasteiger partial charge in [-0.1, -0.05) is 34.5 Å². The highest BCUT2D eigenvalue weighted by Gasteiger charge is 2.07. The van der Waals surface area contributed by atoms with Gasteiger partial charge in [-0.05, 0) is 35.4 Å². The Morgan fingerprint density at radius 1 is 1.00 bits per heavy atom. The summed E-state index contributed by atoms with van der Waals surface area (Å²) < 4.78 is 0.0598. The fourth-order valence-corrected chi connectivity index (χ4v) is 2.16. The number of nitrogens with zero attached hydrogens (tertiary/aromatic N) is 1. The first-order valence-corrected chi connectivity index (χ1v) is 6.18. The van der Waals surface area contributed by atoms with E-state index in [1.165, 1.54) is 0 Å². The number of hydrogen-bond acceptors (Lipinski definition) is 3. The third-order valence-electron chi connectivity index (χ3n) is 3.05. The molecule has 0 aliphatic rings. The molecule has 0 aliphatic carbocycles. The van der Waals surface area contributed by atoms with Gasteiger partial charge >= 0.3 is 5.69 Å². The fourth-order valence-electron chi connectivity index (χ4n) is 2.03. The van der Waals surface area contributed by atoms with Crippen molar-refractivity contribution in [2.24, 2.45) is 0 Å². The molecule has 100 valence electrons. The van der Waals surface area contributed by atoms with Gasteiger partial charge in [-0.15, -0.1) is 0 Å². The van der Waals surface area contributed by atoms with Gasteiger partial charge in [0.25, 0.3) is 5.56 Å². The zero-order valence-electron chi connectivity index (χ0n) is 10.1. The summed E-state index contributed by atoms with van der Waals surface area (Å²) in [4.78, 5) is 25.6. The lowest BCUT2D eigenvalue weighted by atomic mass is 10.0. The topological polar surface area (TPSA) is 75.1 Å². The second-order valence-electron chi connectivity index (χ2n) is 4.31. The van der Waals surface area contributed by atoms with E-state index in [0.717, 1.165) is 11.1 Å². The van der Waals surface area contributed by atoms with Gasteiger partial charge in [0, 0.05) is 5.02 Å². The molecule has 1 aromatic heterocycles. The van der Waals surface area contributed by atoms with Crippen LogP contribution in [0.2, 0.25) is 5.02 Å². The van der Waals surface area contributed by atoms with Crippen molar-refractivity contribution in [3.8, 4) is 11.1 Å². The molecule has 0 aliphatic heterocycles. The van der Waals surface area contributed by atoms with E-state index in [1.807, 2.05) is 12.1 Å². The van der Waals surface area contributed by atoms with Crippen LogP contribution in [0.1, 0.15) is 0 Å². The number of benzene rings is 2. The second kappa shape index (κ2) is 4.54. The Bertz CT molecular complexity index is 910. The minimum absolute atomic E-state index is 0.0598. The molecular weight excluding hydrogens is 280 g/mol. The molecule has 6 heteroatoms. The molecule has 20 heavy (non-hydrogen) atoms. The lowest BCUT2D eigenvalue weighted by molar-refractivity contribution is 0.162. The van der Waals surface area contributed by atoms with Crippen LogP contribution in [0.5, 0.6) is 0 Å². The molecule has 0 radical (unpaired) electrons. The number of nitrogens with one attached hydrogen (secondary N) is 1. The molecule has 0 bridgehead atoms. The molecule has 0 saturated heterocycles. The molecule has 3 aromatic rings. The van der Waals surface area contributed by atoms with Crippen LogP contribution in [0.15, 0.2) is 52.1 Å². The van der Waals surface area contributed by atoms with E-state index < -0.39 is 11.2 Å². The Kier molecular flexibility index (Phi) is 2.84. The molecule has 3 rings (SSSR count). The van der Waals surface area contributed by atoms with Crippen molar-refractivity contribution in [1.82, 2.24) is 9.71 Å². The zero-order chi connectivity index (χ0) is 14.3. The predicted octanol–water partition coefficient (Wildman–Crippen LogP) is 2.25. The van der Waals surface area contributed by atoms with E-state index in [2.05, 4.69) is 4.98 Å². The van der Waals surface area contributed by atoms with Gasteiger partial charge in [0.1, 0.15) is 0 Å². The van der Waals surface area contributed by atoms with Gasteiger partial charge in [-0.2, -0.15) is 0 Å².